The van der Waals surface area contributed by atoms with Gasteiger partial charge in [-0.2, -0.15) is 0 Å². The maximum Gasteiger partial charge on any atom is 0.330 e. The van der Waals surface area contributed by atoms with Crippen LogP contribution in [-0.2, 0) is 24.2 Å². The van der Waals surface area contributed by atoms with Gasteiger partial charge < -0.3 is 20.1 Å². The van der Waals surface area contributed by atoms with E-state index < -0.39 is 17.9 Å². The number of carboxylic acids is 1. The number of phenols is 1. The van der Waals surface area contributed by atoms with Crippen molar-refractivity contribution in [1.82, 2.24) is 9.88 Å². The molecule has 34 heavy (non-hydrogen) atoms. The number of aromatic nitrogens is 1. The molecule has 1 amide bonds. The fourth-order valence-electron chi connectivity index (χ4n) is 5.38. The van der Waals surface area contributed by atoms with Gasteiger partial charge in [-0.25, -0.2) is 4.79 Å². The number of nitrogens with one attached hydrogen (secondary N) is 1. The Labute approximate surface area is 199 Å². The Balaban J connectivity index is 1.69. The number of rotatable bonds is 6. The molecule has 1 fully saturated rings. The Kier molecular flexibility index (Phi) is 7.70. The fraction of sp³-hybridized carbons (Fsp3) is 0.519. The highest BCUT2D eigenvalue weighted by atomic mass is 16.4. The van der Waals surface area contributed by atoms with E-state index in [0.29, 0.717) is 18.0 Å². The van der Waals surface area contributed by atoms with Crippen LogP contribution in [0.15, 0.2) is 35.1 Å². The van der Waals surface area contributed by atoms with Crippen LogP contribution >= 0.6 is 0 Å². The number of aliphatic carboxylic acids is 1. The summed E-state index contributed by atoms with van der Waals surface area (Å²) in [5.74, 6) is -1.46. The molecular weight excluding hydrogens is 432 g/mol. The van der Waals surface area contributed by atoms with Gasteiger partial charge in [0, 0.05) is 12.2 Å². The molecule has 0 bridgehead atoms. The first-order valence-electron chi connectivity index (χ1n) is 12.5. The fourth-order valence-corrected chi connectivity index (χ4v) is 5.38. The Bertz CT molecular complexity index is 1080. The lowest BCUT2D eigenvalue weighted by Gasteiger charge is -2.27. The van der Waals surface area contributed by atoms with Crippen LogP contribution in [0.4, 0.5) is 0 Å². The number of amides is 1. The van der Waals surface area contributed by atoms with E-state index in [1.165, 1.54) is 43.5 Å². The summed E-state index contributed by atoms with van der Waals surface area (Å²) >= 11 is 0. The summed E-state index contributed by atoms with van der Waals surface area (Å²) in [5.41, 5.74) is 2.11. The molecule has 1 unspecified atom stereocenters. The van der Waals surface area contributed by atoms with Crippen LogP contribution < -0.4 is 10.9 Å². The first-order valence-corrected chi connectivity index (χ1v) is 12.5. The van der Waals surface area contributed by atoms with Crippen LogP contribution in [0.1, 0.15) is 91.0 Å². The van der Waals surface area contributed by atoms with Crippen LogP contribution in [-0.4, -0.2) is 26.7 Å². The number of benzene rings is 1. The van der Waals surface area contributed by atoms with E-state index in [1.54, 1.807) is 6.07 Å². The molecule has 0 spiro atoms. The van der Waals surface area contributed by atoms with Crippen molar-refractivity contribution in [2.75, 3.05) is 0 Å². The summed E-state index contributed by atoms with van der Waals surface area (Å²) < 4.78 is 1.84. The van der Waals surface area contributed by atoms with Crippen molar-refractivity contribution in [3.63, 3.8) is 0 Å². The third-order valence-electron chi connectivity index (χ3n) is 7.26. The molecule has 4 rings (SSSR count). The first-order chi connectivity index (χ1) is 16.4. The molecular formula is C27H34N2O5. The third kappa shape index (κ3) is 5.51. The normalized spacial score (nSPS) is 17.8. The van der Waals surface area contributed by atoms with Crippen LogP contribution in [0.5, 0.6) is 5.75 Å². The number of carbonyl (C=O) groups is 2. The molecule has 2 aliphatic carbocycles. The first kappa shape index (κ1) is 24.0. The zero-order valence-electron chi connectivity index (χ0n) is 19.6. The second kappa shape index (κ2) is 10.9. The van der Waals surface area contributed by atoms with Crippen molar-refractivity contribution in [2.45, 2.75) is 83.2 Å². The van der Waals surface area contributed by atoms with Crippen molar-refractivity contribution in [3.8, 4) is 5.75 Å². The average Bonchev–Trinajstić information content (AvgIpc) is 2.81. The van der Waals surface area contributed by atoms with Crippen molar-refractivity contribution >= 4 is 11.9 Å². The van der Waals surface area contributed by atoms with E-state index in [4.69, 9.17) is 0 Å². The van der Waals surface area contributed by atoms with Crippen molar-refractivity contribution in [3.05, 3.63) is 63.1 Å². The Morgan fingerprint density at radius 1 is 0.971 bits per heavy atom. The van der Waals surface area contributed by atoms with E-state index in [0.717, 1.165) is 62.6 Å². The standard InChI is InChI=1S/C27H34N2O5/c30-21-14-12-19(13-15-21)24(27(33)34)28-25(31)22-16-20-10-6-1-2-7-11-23(20)29(26(22)32)17-18-8-4-3-5-9-18/h12-16,18,24,30H,1-11,17H2,(H,28,31)(H,33,34). The molecule has 0 aliphatic heterocycles. The van der Waals surface area contributed by atoms with Crippen molar-refractivity contribution in [2.24, 2.45) is 5.92 Å². The zero-order chi connectivity index (χ0) is 24.1. The third-order valence-corrected chi connectivity index (χ3v) is 7.26. The largest absolute Gasteiger partial charge is 0.508 e. The highest BCUT2D eigenvalue weighted by molar-refractivity contribution is 5.96. The maximum absolute atomic E-state index is 13.6. The molecule has 0 saturated heterocycles. The molecule has 1 atom stereocenters. The number of pyridine rings is 1. The van der Waals surface area contributed by atoms with Crippen LogP contribution in [0.3, 0.4) is 0 Å². The lowest BCUT2D eigenvalue weighted by Crippen LogP contribution is -2.40. The SMILES string of the molecule is O=C(NC(C(=O)O)c1ccc(O)cc1)c1cc2c(n(CC3CCCCC3)c1=O)CCCCCC2. The minimum atomic E-state index is -1.32. The number of aromatic hydroxyl groups is 1. The summed E-state index contributed by atoms with van der Waals surface area (Å²) in [4.78, 5) is 38.8. The number of nitrogens with zero attached hydrogens (tertiary/aromatic N) is 1. The zero-order valence-corrected chi connectivity index (χ0v) is 19.6. The van der Waals surface area contributed by atoms with Crippen molar-refractivity contribution in [1.29, 1.82) is 0 Å². The minimum absolute atomic E-state index is 0.00600. The topological polar surface area (TPSA) is 109 Å². The van der Waals surface area contributed by atoms with E-state index in [1.807, 2.05) is 4.57 Å². The van der Waals surface area contributed by atoms with Gasteiger partial charge in [0.15, 0.2) is 6.04 Å². The molecule has 1 aromatic carbocycles. The molecule has 2 aliphatic rings. The maximum atomic E-state index is 13.6. The summed E-state index contributed by atoms with van der Waals surface area (Å²) in [7, 11) is 0. The van der Waals surface area contributed by atoms with E-state index in [9.17, 15) is 24.6 Å². The van der Waals surface area contributed by atoms with E-state index in [2.05, 4.69) is 5.32 Å². The van der Waals surface area contributed by atoms with Gasteiger partial charge in [-0.15, -0.1) is 0 Å². The monoisotopic (exact) mass is 466 g/mol. The molecule has 1 saturated carbocycles. The molecule has 7 heteroatoms. The Morgan fingerprint density at radius 3 is 2.29 bits per heavy atom. The quantitative estimate of drug-likeness (QED) is 0.587. The number of carboxylic acid groups (broad SMARTS) is 1. The van der Waals surface area contributed by atoms with E-state index in [-0.39, 0.29) is 16.9 Å². The summed E-state index contributed by atoms with van der Waals surface area (Å²) in [5, 5.41) is 21.8. The van der Waals surface area contributed by atoms with Gasteiger partial charge in [-0.3, -0.25) is 9.59 Å². The molecule has 182 valence electrons. The lowest BCUT2D eigenvalue weighted by atomic mass is 9.88. The van der Waals surface area contributed by atoms with Gasteiger partial charge >= 0.3 is 5.97 Å². The molecule has 1 aromatic heterocycles. The van der Waals surface area contributed by atoms with Gasteiger partial charge in [-0.05, 0) is 73.8 Å². The minimum Gasteiger partial charge on any atom is -0.508 e. The number of aryl methyl sites for hydroxylation is 1. The highest BCUT2D eigenvalue weighted by Crippen LogP contribution is 2.27. The number of carbonyl (C=O) groups excluding carboxylic acids is 1. The smallest absolute Gasteiger partial charge is 0.330 e. The average molecular weight is 467 g/mol. The highest BCUT2D eigenvalue weighted by Gasteiger charge is 2.27. The van der Waals surface area contributed by atoms with Gasteiger partial charge in [-0.1, -0.05) is 44.2 Å². The predicted molar refractivity (Wildman–Crippen MR) is 129 cm³/mol. The van der Waals surface area contributed by atoms with Crippen molar-refractivity contribution < 1.29 is 19.8 Å². The molecule has 1 heterocycles. The second-order valence-electron chi connectivity index (χ2n) is 9.70. The van der Waals surface area contributed by atoms with Crippen LogP contribution in [0.2, 0.25) is 0 Å². The second-order valence-corrected chi connectivity index (χ2v) is 9.70. The van der Waals surface area contributed by atoms with Gasteiger partial charge in [0.2, 0.25) is 0 Å². The summed E-state index contributed by atoms with van der Waals surface area (Å²) in [6.07, 6.45) is 11.8. The number of hydrogen-bond donors (Lipinski definition) is 3. The van der Waals surface area contributed by atoms with E-state index >= 15 is 0 Å². The van der Waals surface area contributed by atoms with Gasteiger partial charge in [0.25, 0.3) is 11.5 Å². The number of fused-ring (bicyclic) bond motifs is 1. The number of phenolic OH excluding ortho intramolecular Hbond substituents is 1. The predicted octanol–water partition coefficient (Wildman–Crippen LogP) is 4.35. The number of hydrogen-bond acceptors (Lipinski definition) is 4. The Hall–Kier alpha value is -3.09. The summed E-state index contributed by atoms with van der Waals surface area (Å²) in [6.45, 7) is 0.628. The molecule has 2 aromatic rings. The van der Waals surface area contributed by atoms with Crippen LogP contribution in [0, 0.1) is 5.92 Å². The molecule has 3 N–H and O–H groups in total. The molecule has 0 radical (unpaired) electrons. The lowest BCUT2D eigenvalue weighted by molar-refractivity contribution is -0.139. The van der Waals surface area contributed by atoms with Crippen LogP contribution in [0.25, 0.3) is 0 Å². The Morgan fingerprint density at radius 2 is 1.62 bits per heavy atom. The summed E-state index contributed by atoms with van der Waals surface area (Å²) in [6, 6.07) is 6.04. The van der Waals surface area contributed by atoms with Gasteiger partial charge in [0.05, 0.1) is 0 Å². The molecule has 7 nitrogen and oxygen atoms in total. The van der Waals surface area contributed by atoms with Gasteiger partial charge in [0.1, 0.15) is 11.3 Å².